The number of nitrogens with zero attached hydrogens (tertiary/aromatic N) is 4. The van der Waals surface area contributed by atoms with Crippen molar-refractivity contribution in [3.05, 3.63) is 72.3 Å². The smallest absolute Gasteiger partial charge is 0.163 e. The van der Waals surface area contributed by atoms with Gasteiger partial charge in [-0.1, -0.05) is 60.7 Å². The zero-order valence-corrected chi connectivity index (χ0v) is 15.7. The van der Waals surface area contributed by atoms with E-state index >= 15 is 0 Å². The molecule has 5 heteroatoms. The summed E-state index contributed by atoms with van der Waals surface area (Å²) in [6.07, 6.45) is 0. The molecule has 1 N–H and O–H groups in total. The van der Waals surface area contributed by atoms with Crippen LogP contribution >= 0.6 is 0 Å². The molecule has 0 bridgehead atoms. The van der Waals surface area contributed by atoms with E-state index in [1.807, 2.05) is 24.3 Å². The highest BCUT2D eigenvalue weighted by Gasteiger charge is 2.17. The zero-order chi connectivity index (χ0) is 18.5. The molecule has 3 aromatic rings. The lowest BCUT2D eigenvalue weighted by molar-refractivity contribution is 0.312. The van der Waals surface area contributed by atoms with Crippen molar-refractivity contribution in [3.63, 3.8) is 0 Å². The topological polar surface area (TPSA) is 44.3 Å². The molecule has 2 heterocycles. The van der Waals surface area contributed by atoms with Gasteiger partial charge in [-0.2, -0.15) is 0 Å². The molecule has 138 valence electrons. The van der Waals surface area contributed by atoms with E-state index in [1.54, 1.807) is 0 Å². The van der Waals surface area contributed by atoms with Crippen molar-refractivity contribution in [1.82, 2.24) is 14.9 Å². The van der Waals surface area contributed by atoms with Gasteiger partial charge in [-0.05, 0) is 12.6 Å². The SMILES string of the molecule is CN1CCN(c2cc(NCc3ccccc3)nc(-c3ccccc3)n2)CC1. The average molecular weight is 359 g/mol. The summed E-state index contributed by atoms with van der Waals surface area (Å²) in [7, 11) is 2.17. The molecule has 1 aliphatic rings. The molecule has 0 amide bonds. The van der Waals surface area contributed by atoms with Crippen LogP contribution in [-0.4, -0.2) is 48.1 Å². The number of nitrogens with one attached hydrogen (secondary N) is 1. The van der Waals surface area contributed by atoms with Crippen molar-refractivity contribution >= 4 is 11.6 Å². The summed E-state index contributed by atoms with van der Waals surface area (Å²) in [5, 5.41) is 3.47. The van der Waals surface area contributed by atoms with Crippen molar-refractivity contribution in [2.75, 3.05) is 43.4 Å². The summed E-state index contributed by atoms with van der Waals surface area (Å²) in [6.45, 7) is 4.82. The Hall–Kier alpha value is -2.92. The first-order valence-electron chi connectivity index (χ1n) is 9.44. The normalized spacial score (nSPS) is 14.9. The zero-order valence-electron chi connectivity index (χ0n) is 15.7. The largest absolute Gasteiger partial charge is 0.366 e. The minimum atomic E-state index is 0.744. The number of benzene rings is 2. The van der Waals surface area contributed by atoms with Gasteiger partial charge in [0.05, 0.1) is 0 Å². The Morgan fingerprint density at radius 1 is 0.852 bits per heavy atom. The third-order valence-corrected chi connectivity index (χ3v) is 4.89. The minimum absolute atomic E-state index is 0.744. The van der Waals surface area contributed by atoms with Gasteiger partial charge in [0.1, 0.15) is 11.6 Å². The van der Waals surface area contributed by atoms with E-state index in [1.165, 1.54) is 5.56 Å². The van der Waals surface area contributed by atoms with E-state index < -0.39 is 0 Å². The summed E-state index contributed by atoms with van der Waals surface area (Å²) < 4.78 is 0. The molecule has 0 radical (unpaired) electrons. The molecule has 1 saturated heterocycles. The molecule has 1 fully saturated rings. The predicted octanol–water partition coefficient (Wildman–Crippen LogP) is 3.51. The molecule has 0 atom stereocenters. The Bertz CT molecular complexity index is 858. The number of piperazine rings is 1. The fraction of sp³-hybridized carbons (Fsp3) is 0.273. The average Bonchev–Trinajstić information content (AvgIpc) is 2.74. The van der Waals surface area contributed by atoms with Crippen molar-refractivity contribution in [2.24, 2.45) is 0 Å². The van der Waals surface area contributed by atoms with E-state index in [4.69, 9.17) is 9.97 Å². The fourth-order valence-electron chi connectivity index (χ4n) is 3.23. The second-order valence-electron chi connectivity index (χ2n) is 6.93. The van der Waals surface area contributed by atoms with Crippen molar-refractivity contribution in [2.45, 2.75) is 6.54 Å². The molecule has 0 aliphatic carbocycles. The molecule has 27 heavy (non-hydrogen) atoms. The maximum absolute atomic E-state index is 4.86. The molecule has 0 saturated carbocycles. The fourth-order valence-corrected chi connectivity index (χ4v) is 3.23. The minimum Gasteiger partial charge on any atom is -0.366 e. The Kier molecular flexibility index (Phi) is 5.30. The second kappa shape index (κ2) is 8.18. The quantitative estimate of drug-likeness (QED) is 0.755. The van der Waals surface area contributed by atoms with Gasteiger partial charge in [-0.25, -0.2) is 9.97 Å². The number of rotatable bonds is 5. The van der Waals surface area contributed by atoms with Crippen LogP contribution in [0, 0.1) is 0 Å². The molecule has 0 spiro atoms. The number of hydrogen-bond donors (Lipinski definition) is 1. The van der Waals surface area contributed by atoms with Crippen molar-refractivity contribution in [3.8, 4) is 11.4 Å². The molecule has 1 aromatic heterocycles. The number of hydrogen-bond acceptors (Lipinski definition) is 5. The Balaban J connectivity index is 1.62. The Morgan fingerprint density at radius 2 is 1.52 bits per heavy atom. The number of aromatic nitrogens is 2. The standard InChI is InChI=1S/C22H25N5/c1-26-12-14-27(15-13-26)21-16-20(23-17-18-8-4-2-5-9-18)24-22(25-21)19-10-6-3-7-11-19/h2-11,16H,12-15,17H2,1H3,(H,23,24,25). The van der Waals surface area contributed by atoms with Crippen LogP contribution in [0.25, 0.3) is 11.4 Å². The maximum atomic E-state index is 4.86. The molecule has 2 aromatic carbocycles. The highest BCUT2D eigenvalue weighted by Crippen LogP contribution is 2.23. The second-order valence-corrected chi connectivity index (χ2v) is 6.93. The van der Waals surface area contributed by atoms with Gasteiger partial charge in [-0.15, -0.1) is 0 Å². The number of anilines is 2. The highest BCUT2D eigenvalue weighted by atomic mass is 15.3. The van der Waals surface area contributed by atoms with Crippen LogP contribution in [0.15, 0.2) is 66.7 Å². The van der Waals surface area contributed by atoms with Crippen LogP contribution < -0.4 is 10.2 Å². The van der Waals surface area contributed by atoms with E-state index in [0.29, 0.717) is 0 Å². The summed E-state index contributed by atoms with van der Waals surface area (Å²) in [4.78, 5) is 14.3. The van der Waals surface area contributed by atoms with Crippen molar-refractivity contribution < 1.29 is 0 Å². The summed E-state index contributed by atoms with van der Waals surface area (Å²) >= 11 is 0. The van der Waals surface area contributed by atoms with Crippen LogP contribution in [0.4, 0.5) is 11.6 Å². The molecular weight excluding hydrogens is 334 g/mol. The number of likely N-dealkylation sites (N-methyl/N-ethyl adjacent to an activating group) is 1. The Morgan fingerprint density at radius 3 is 2.22 bits per heavy atom. The van der Waals surface area contributed by atoms with E-state index in [2.05, 4.69) is 64.6 Å². The Labute approximate surface area is 160 Å². The van der Waals surface area contributed by atoms with E-state index in [0.717, 1.165) is 55.7 Å². The third-order valence-electron chi connectivity index (χ3n) is 4.89. The molecule has 0 unspecified atom stereocenters. The maximum Gasteiger partial charge on any atom is 0.163 e. The van der Waals surface area contributed by atoms with Gasteiger partial charge < -0.3 is 15.1 Å². The first-order chi connectivity index (χ1) is 13.3. The van der Waals surface area contributed by atoms with Gasteiger partial charge in [0.15, 0.2) is 5.82 Å². The van der Waals surface area contributed by atoms with Crippen LogP contribution in [-0.2, 0) is 6.54 Å². The molecule has 4 rings (SSSR count). The first kappa shape index (κ1) is 17.5. The van der Waals surface area contributed by atoms with E-state index in [-0.39, 0.29) is 0 Å². The van der Waals surface area contributed by atoms with Crippen LogP contribution in [0.2, 0.25) is 0 Å². The van der Waals surface area contributed by atoms with Gasteiger partial charge in [0.2, 0.25) is 0 Å². The van der Waals surface area contributed by atoms with Gasteiger partial charge >= 0.3 is 0 Å². The van der Waals surface area contributed by atoms with Gasteiger partial charge in [0, 0.05) is 44.4 Å². The van der Waals surface area contributed by atoms with Crippen LogP contribution in [0.1, 0.15) is 5.56 Å². The lowest BCUT2D eigenvalue weighted by Gasteiger charge is -2.33. The van der Waals surface area contributed by atoms with Crippen LogP contribution in [0.5, 0.6) is 0 Å². The van der Waals surface area contributed by atoms with Crippen molar-refractivity contribution in [1.29, 1.82) is 0 Å². The summed E-state index contributed by atoms with van der Waals surface area (Å²) in [5.74, 6) is 2.62. The highest BCUT2D eigenvalue weighted by molar-refractivity contribution is 5.62. The third kappa shape index (κ3) is 4.44. The van der Waals surface area contributed by atoms with Gasteiger partial charge in [-0.3, -0.25) is 0 Å². The molecular formula is C22H25N5. The molecule has 5 nitrogen and oxygen atoms in total. The molecule has 1 aliphatic heterocycles. The van der Waals surface area contributed by atoms with E-state index in [9.17, 15) is 0 Å². The lowest BCUT2D eigenvalue weighted by Crippen LogP contribution is -2.44. The van der Waals surface area contributed by atoms with Crippen LogP contribution in [0.3, 0.4) is 0 Å². The predicted molar refractivity (Wildman–Crippen MR) is 111 cm³/mol. The summed E-state index contributed by atoms with van der Waals surface area (Å²) in [6, 6.07) is 22.6. The monoisotopic (exact) mass is 359 g/mol. The lowest BCUT2D eigenvalue weighted by atomic mass is 10.2. The van der Waals surface area contributed by atoms with Gasteiger partial charge in [0.25, 0.3) is 0 Å². The summed E-state index contributed by atoms with van der Waals surface area (Å²) in [5.41, 5.74) is 2.27. The first-order valence-corrected chi connectivity index (χ1v) is 9.44.